The molecule has 0 saturated carbocycles. The molecule has 0 aliphatic carbocycles. The van der Waals surface area contributed by atoms with Gasteiger partial charge >= 0.3 is 0 Å². The summed E-state index contributed by atoms with van der Waals surface area (Å²) in [6, 6.07) is 10.1. The Morgan fingerprint density at radius 2 is 2.00 bits per heavy atom. The lowest BCUT2D eigenvalue weighted by Crippen LogP contribution is -2.36. The molecule has 128 valence electrons. The van der Waals surface area contributed by atoms with E-state index in [4.69, 9.17) is 9.26 Å². The molecule has 1 aromatic heterocycles. The molecule has 24 heavy (non-hydrogen) atoms. The molecule has 6 nitrogen and oxygen atoms in total. The van der Waals surface area contributed by atoms with Gasteiger partial charge in [-0.15, -0.1) is 0 Å². The van der Waals surface area contributed by atoms with Crippen LogP contribution in [0, 0.1) is 6.92 Å². The third-order valence-corrected chi connectivity index (χ3v) is 4.06. The molecular weight excluding hydrogens is 306 g/mol. The Kier molecular flexibility index (Phi) is 5.48. The zero-order valence-corrected chi connectivity index (χ0v) is 14.0. The number of rotatable bonds is 6. The van der Waals surface area contributed by atoms with Gasteiger partial charge in [-0.3, -0.25) is 4.79 Å². The van der Waals surface area contributed by atoms with Crippen molar-refractivity contribution in [3.63, 3.8) is 0 Å². The third-order valence-electron chi connectivity index (χ3n) is 4.06. The maximum absolute atomic E-state index is 12.0. The Morgan fingerprint density at radius 3 is 2.67 bits per heavy atom. The zero-order valence-electron chi connectivity index (χ0n) is 14.0. The Morgan fingerprint density at radius 1 is 1.25 bits per heavy atom. The van der Waals surface area contributed by atoms with Crippen LogP contribution in [0.15, 0.2) is 34.9 Å². The number of hydrogen-bond acceptors (Lipinski definition) is 5. The number of aromatic nitrogens is 1. The number of hydrogen-bond donors (Lipinski definition) is 1. The average molecular weight is 329 g/mol. The quantitative estimate of drug-likeness (QED) is 0.874. The first kappa shape index (κ1) is 16.5. The Bertz CT molecular complexity index is 660. The fraction of sp³-hybridized carbons (Fsp3) is 0.444. The second kappa shape index (κ2) is 7.97. The van der Waals surface area contributed by atoms with E-state index in [9.17, 15) is 4.79 Å². The monoisotopic (exact) mass is 329 g/mol. The summed E-state index contributed by atoms with van der Waals surface area (Å²) in [6.45, 7) is 5.80. The lowest BCUT2D eigenvalue weighted by Gasteiger charge is -2.28. The fourth-order valence-corrected chi connectivity index (χ4v) is 2.76. The van der Waals surface area contributed by atoms with Crippen LogP contribution in [0.2, 0.25) is 0 Å². The van der Waals surface area contributed by atoms with Crippen LogP contribution >= 0.6 is 0 Å². The van der Waals surface area contributed by atoms with Crippen molar-refractivity contribution in [2.75, 3.05) is 37.7 Å². The second-order valence-corrected chi connectivity index (χ2v) is 5.97. The SMILES string of the molecule is Cc1cc(CCNC(=O)Cc2ccc(N3CCOCC3)cc2)no1. The maximum Gasteiger partial charge on any atom is 0.224 e. The van der Waals surface area contributed by atoms with Gasteiger partial charge in [0.2, 0.25) is 5.91 Å². The van der Waals surface area contributed by atoms with Crippen molar-refractivity contribution in [2.45, 2.75) is 19.8 Å². The van der Waals surface area contributed by atoms with Crippen molar-refractivity contribution < 1.29 is 14.1 Å². The number of morpholine rings is 1. The van der Waals surface area contributed by atoms with E-state index in [2.05, 4.69) is 27.5 Å². The van der Waals surface area contributed by atoms with Gasteiger partial charge < -0.3 is 19.5 Å². The van der Waals surface area contributed by atoms with Gasteiger partial charge in [0.25, 0.3) is 0 Å². The van der Waals surface area contributed by atoms with Gasteiger partial charge in [-0.2, -0.15) is 0 Å². The van der Waals surface area contributed by atoms with E-state index in [1.807, 2.05) is 25.1 Å². The van der Waals surface area contributed by atoms with Crippen molar-refractivity contribution in [2.24, 2.45) is 0 Å². The van der Waals surface area contributed by atoms with Crippen LogP contribution in [-0.2, 0) is 22.4 Å². The molecule has 1 aliphatic heterocycles. The van der Waals surface area contributed by atoms with Gasteiger partial charge in [-0.05, 0) is 24.6 Å². The molecule has 6 heteroatoms. The molecule has 1 aliphatic rings. The number of carbonyl (C=O) groups is 1. The fourth-order valence-electron chi connectivity index (χ4n) is 2.76. The number of anilines is 1. The maximum atomic E-state index is 12.0. The van der Waals surface area contributed by atoms with Crippen molar-refractivity contribution in [3.8, 4) is 0 Å². The highest BCUT2D eigenvalue weighted by Gasteiger charge is 2.11. The van der Waals surface area contributed by atoms with Crippen LogP contribution in [0.1, 0.15) is 17.0 Å². The first-order valence-electron chi connectivity index (χ1n) is 8.31. The number of nitrogens with one attached hydrogen (secondary N) is 1. The first-order valence-corrected chi connectivity index (χ1v) is 8.31. The lowest BCUT2D eigenvalue weighted by molar-refractivity contribution is -0.120. The van der Waals surface area contributed by atoms with E-state index in [0.29, 0.717) is 19.4 Å². The number of carbonyl (C=O) groups excluding carboxylic acids is 1. The Labute approximate surface area is 141 Å². The number of benzene rings is 1. The highest BCUT2D eigenvalue weighted by molar-refractivity contribution is 5.78. The van der Waals surface area contributed by atoms with Gasteiger partial charge in [0.15, 0.2) is 0 Å². The highest BCUT2D eigenvalue weighted by atomic mass is 16.5. The molecule has 0 spiro atoms. The molecule has 1 N–H and O–H groups in total. The van der Waals surface area contributed by atoms with E-state index in [0.717, 1.165) is 43.3 Å². The van der Waals surface area contributed by atoms with Gasteiger partial charge in [-0.1, -0.05) is 17.3 Å². The first-order chi connectivity index (χ1) is 11.7. The van der Waals surface area contributed by atoms with Gasteiger partial charge in [0.1, 0.15) is 5.76 Å². The largest absolute Gasteiger partial charge is 0.378 e. The van der Waals surface area contributed by atoms with E-state index in [1.165, 1.54) is 5.69 Å². The summed E-state index contributed by atoms with van der Waals surface area (Å²) < 4.78 is 10.4. The van der Waals surface area contributed by atoms with Gasteiger partial charge in [0, 0.05) is 37.8 Å². The summed E-state index contributed by atoms with van der Waals surface area (Å²) in [5.41, 5.74) is 3.06. The van der Waals surface area contributed by atoms with Crippen LogP contribution in [0.25, 0.3) is 0 Å². The highest BCUT2D eigenvalue weighted by Crippen LogP contribution is 2.16. The van der Waals surface area contributed by atoms with Crippen molar-refractivity contribution in [1.29, 1.82) is 0 Å². The molecule has 0 radical (unpaired) electrons. The zero-order chi connectivity index (χ0) is 16.8. The molecule has 0 unspecified atom stereocenters. The minimum absolute atomic E-state index is 0.0225. The third kappa shape index (κ3) is 4.58. The predicted molar refractivity (Wildman–Crippen MR) is 91.1 cm³/mol. The molecule has 1 saturated heterocycles. The topological polar surface area (TPSA) is 67.6 Å². The smallest absolute Gasteiger partial charge is 0.224 e. The molecule has 1 fully saturated rings. The Balaban J connectivity index is 1.44. The average Bonchev–Trinajstić information content (AvgIpc) is 3.02. The standard InChI is InChI=1S/C18H23N3O3/c1-14-12-16(20-24-14)6-7-19-18(22)13-15-2-4-17(5-3-15)21-8-10-23-11-9-21/h2-5,12H,6-11,13H2,1H3,(H,19,22). The van der Waals surface area contributed by atoms with E-state index >= 15 is 0 Å². The normalized spacial score (nSPS) is 14.6. The summed E-state index contributed by atoms with van der Waals surface area (Å²) in [5.74, 6) is 0.811. The summed E-state index contributed by atoms with van der Waals surface area (Å²) in [6.07, 6.45) is 1.07. The van der Waals surface area contributed by atoms with Gasteiger partial charge in [0.05, 0.1) is 25.3 Å². The van der Waals surface area contributed by atoms with Crippen molar-refractivity contribution in [3.05, 3.63) is 47.3 Å². The van der Waals surface area contributed by atoms with Crippen molar-refractivity contribution >= 4 is 11.6 Å². The van der Waals surface area contributed by atoms with Crippen molar-refractivity contribution in [1.82, 2.24) is 10.5 Å². The number of amides is 1. The van der Waals surface area contributed by atoms with Crippen LogP contribution in [-0.4, -0.2) is 43.9 Å². The predicted octanol–water partition coefficient (Wildman–Crippen LogP) is 1.72. The molecule has 3 rings (SSSR count). The van der Waals surface area contributed by atoms with Crippen LogP contribution in [0.4, 0.5) is 5.69 Å². The lowest BCUT2D eigenvalue weighted by atomic mass is 10.1. The molecule has 2 aromatic rings. The number of nitrogens with zero attached hydrogens (tertiary/aromatic N) is 2. The second-order valence-electron chi connectivity index (χ2n) is 5.97. The molecular formula is C18H23N3O3. The molecule has 0 bridgehead atoms. The van der Waals surface area contributed by atoms with Crippen LogP contribution in [0.5, 0.6) is 0 Å². The minimum atomic E-state index is 0.0225. The van der Waals surface area contributed by atoms with E-state index in [1.54, 1.807) is 0 Å². The summed E-state index contributed by atoms with van der Waals surface area (Å²) >= 11 is 0. The Hall–Kier alpha value is -2.34. The number of aryl methyl sites for hydroxylation is 1. The molecule has 0 atom stereocenters. The van der Waals surface area contributed by atoms with Crippen LogP contribution < -0.4 is 10.2 Å². The van der Waals surface area contributed by atoms with E-state index in [-0.39, 0.29) is 5.91 Å². The minimum Gasteiger partial charge on any atom is -0.378 e. The molecule has 2 heterocycles. The van der Waals surface area contributed by atoms with Crippen LogP contribution in [0.3, 0.4) is 0 Å². The number of ether oxygens (including phenoxy) is 1. The molecule has 1 aromatic carbocycles. The van der Waals surface area contributed by atoms with Gasteiger partial charge in [-0.25, -0.2) is 0 Å². The summed E-state index contributed by atoms with van der Waals surface area (Å²) in [5, 5.41) is 6.83. The summed E-state index contributed by atoms with van der Waals surface area (Å²) in [4.78, 5) is 14.3. The summed E-state index contributed by atoms with van der Waals surface area (Å²) in [7, 11) is 0. The molecule has 1 amide bonds. The van der Waals surface area contributed by atoms with E-state index < -0.39 is 0 Å².